The number of aryl methyl sites for hydroxylation is 1. The molecule has 0 saturated carbocycles. The molecular weight excluding hydrogens is 272 g/mol. The highest BCUT2D eigenvalue weighted by atomic mass is 35.5. The number of hydrogen-bond acceptors (Lipinski definition) is 2. The lowest BCUT2D eigenvalue weighted by Gasteiger charge is -2.05. The fourth-order valence-electron chi connectivity index (χ4n) is 2.30. The summed E-state index contributed by atoms with van der Waals surface area (Å²) in [6.07, 6.45) is 1.71. The molecule has 3 aromatic rings. The van der Waals surface area contributed by atoms with Gasteiger partial charge < -0.3 is 10.7 Å². The molecule has 3 N–H and O–H groups in total. The van der Waals surface area contributed by atoms with Crippen molar-refractivity contribution < 1.29 is 4.79 Å². The number of halogens is 1. The first-order valence-corrected chi connectivity index (χ1v) is 6.62. The molecule has 0 bridgehead atoms. The third kappa shape index (κ3) is 1.96. The number of nitrogens with two attached hydrogens (primary N) is 1. The first-order valence-electron chi connectivity index (χ1n) is 6.24. The molecule has 0 spiro atoms. The van der Waals surface area contributed by atoms with Crippen LogP contribution in [0, 0.1) is 6.92 Å². The molecule has 0 amide bonds. The summed E-state index contributed by atoms with van der Waals surface area (Å²) in [5.41, 5.74) is 9.27. The maximum absolute atomic E-state index is 12.6. The zero-order valence-electron chi connectivity index (χ0n) is 10.9. The second-order valence-electron chi connectivity index (χ2n) is 4.79. The molecule has 0 aliphatic heterocycles. The topological polar surface area (TPSA) is 58.9 Å². The molecule has 0 saturated heterocycles. The number of hydrogen-bond donors (Lipinski definition) is 2. The maximum atomic E-state index is 12.6. The Bertz CT molecular complexity index is 820. The summed E-state index contributed by atoms with van der Waals surface area (Å²) >= 11 is 6.13. The molecule has 0 radical (unpaired) electrons. The third-order valence-corrected chi connectivity index (χ3v) is 3.78. The number of anilines is 1. The van der Waals surface area contributed by atoms with E-state index in [4.69, 9.17) is 17.3 Å². The van der Waals surface area contributed by atoms with Gasteiger partial charge in [-0.1, -0.05) is 29.8 Å². The van der Waals surface area contributed by atoms with Gasteiger partial charge in [-0.05, 0) is 30.7 Å². The SMILES string of the molecule is Cc1ccc2c(C(=O)c3cccc(N)c3Cl)c[nH]c2c1. The van der Waals surface area contributed by atoms with Crippen LogP contribution in [-0.2, 0) is 0 Å². The van der Waals surface area contributed by atoms with Gasteiger partial charge in [-0.15, -0.1) is 0 Å². The largest absolute Gasteiger partial charge is 0.398 e. The van der Waals surface area contributed by atoms with Gasteiger partial charge in [-0.2, -0.15) is 0 Å². The lowest BCUT2D eigenvalue weighted by Crippen LogP contribution is -2.03. The van der Waals surface area contributed by atoms with E-state index in [2.05, 4.69) is 4.98 Å². The van der Waals surface area contributed by atoms with Crippen molar-refractivity contribution in [2.24, 2.45) is 0 Å². The molecule has 3 nitrogen and oxygen atoms in total. The zero-order valence-corrected chi connectivity index (χ0v) is 11.7. The Hall–Kier alpha value is -2.26. The molecule has 0 unspecified atom stereocenters. The van der Waals surface area contributed by atoms with Gasteiger partial charge in [0.25, 0.3) is 0 Å². The number of nitrogen functional groups attached to an aromatic ring is 1. The van der Waals surface area contributed by atoms with Crippen molar-refractivity contribution in [2.75, 3.05) is 5.73 Å². The summed E-state index contributed by atoms with van der Waals surface area (Å²) in [4.78, 5) is 15.7. The molecule has 1 aromatic heterocycles. The molecule has 2 aromatic carbocycles. The zero-order chi connectivity index (χ0) is 14.3. The van der Waals surface area contributed by atoms with Gasteiger partial charge in [0, 0.05) is 28.2 Å². The third-order valence-electron chi connectivity index (χ3n) is 3.36. The van der Waals surface area contributed by atoms with Crippen LogP contribution >= 0.6 is 11.6 Å². The van der Waals surface area contributed by atoms with Crippen molar-refractivity contribution >= 4 is 34.0 Å². The van der Waals surface area contributed by atoms with Gasteiger partial charge >= 0.3 is 0 Å². The van der Waals surface area contributed by atoms with E-state index >= 15 is 0 Å². The lowest BCUT2D eigenvalue weighted by molar-refractivity contribution is 0.104. The number of nitrogens with one attached hydrogen (secondary N) is 1. The summed E-state index contributed by atoms with van der Waals surface area (Å²) in [6.45, 7) is 2.01. The molecule has 0 aliphatic rings. The van der Waals surface area contributed by atoms with Crippen molar-refractivity contribution in [3.05, 3.63) is 64.3 Å². The van der Waals surface area contributed by atoms with Crippen molar-refractivity contribution in [3.8, 4) is 0 Å². The number of rotatable bonds is 2. The number of carbonyl (C=O) groups is 1. The number of benzene rings is 2. The summed E-state index contributed by atoms with van der Waals surface area (Å²) in [7, 11) is 0. The number of ketones is 1. The Morgan fingerprint density at radius 3 is 2.80 bits per heavy atom. The number of aromatic amines is 1. The van der Waals surface area contributed by atoms with E-state index in [1.165, 1.54) is 0 Å². The van der Waals surface area contributed by atoms with Crippen LogP contribution in [0.25, 0.3) is 10.9 Å². The highest BCUT2D eigenvalue weighted by molar-refractivity contribution is 6.37. The summed E-state index contributed by atoms with van der Waals surface area (Å²) in [5.74, 6) is -0.127. The maximum Gasteiger partial charge on any atom is 0.196 e. The van der Waals surface area contributed by atoms with Crippen molar-refractivity contribution in [2.45, 2.75) is 6.92 Å². The minimum Gasteiger partial charge on any atom is -0.398 e. The first-order chi connectivity index (χ1) is 9.58. The van der Waals surface area contributed by atoms with Gasteiger partial charge in [-0.25, -0.2) is 0 Å². The Morgan fingerprint density at radius 2 is 2.00 bits per heavy atom. The quantitative estimate of drug-likeness (QED) is 0.553. The summed E-state index contributed by atoms with van der Waals surface area (Å²) < 4.78 is 0. The fraction of sp³-hybridized carbons (Fsp3) is 0.0625. The number of aromatic nitrogens is 1. The Morgan fingerprint density at radius 1 is 1.20 bits per heavy atom. The van der Waals surface area contributed by atoms with Crippen LogP contribution in [0.5, 0.6) is 0 Å². The molecule has 0 aliphatic carbocycles. The van der Waals surface area contributed by atoms with Gasteiger partial charge in [0.05, 0.1) is 10.7 Å². The molecule has 100 valence electrons. The molecule has 1 heterocycles. The molecule has 20 heavy (non-hydrogen) atoms. The second-order valence-corrected chi connectivity index (χ2v) is 5.17. The van der Waals surface area contributed by atoms with Gasteiger partial charge in [0.2, 0.25) is 0 Å². The predicted molar refractivity (Wildman–Crippen MR) is 82.3 cm³/mol. The minimum absolute atomic E-state index is 0.127. The van der Waals surface area contributed by atoms with Crippen molar-refractivity contribution in [1.82, 2.24) is 4.98 Å². The molecular formula is C16H13ClN2O. The van der Waals surface area contributed by atoms with Crippen molar-refractivity contribution in [1.29, 1.82) is 0 Å². The van der Waals surface area contributed by atoms with Crippen LogP contribution in [0.15, 0.2) is 42.6 Å². The number of carbonyl (C=O) groups excluding carboxylic acids is 1. The van der Waals surface area contributed by atoms with E-state index in [1.54, 1.807) is 24.4 Å². The van der Waals surface area contributed by atoms with Gasteiger partial charge in [0.15, 0.2) is 5.78 Å². The van der Waals surface area contributed by atoms with Gasteiger partial charge in [-0.3, -0.25) is 4.79 Å². The minimum atomic E-state index is -0.127. The highest BCUT2D eigenvalue weighted by Gasteiger charge is 2.17. The van der Waals surface area contributed by atoms with Crippen molar-refractivity contribution in [3.63, 3.8) is 0 Å². The summed E-state index contributed by atoms with van der Waals surface area (Å²) in [5, 5.41) is 1.19. The standard InChI is InChI=1S/C16H13ClN2O/c1-9-5-6-10-12(8-19-14(10)7-9)16(20)11-3-2-4-13(18)15(11)17/h2-8,19H,18H2,1H3. The average Bonchev–Trinajstić information content (AvgIpc) is 2.84. The van der Waals surface area contributed by atoms with Crippen LogP contribution in [0.3, 0.4) is 0 Å². The van der Waals surface area contributed by atoms with Gasteiger partial charge in [0.1, 0.15) is 0 Å². The van der Waals surface area contributed by atoms with E-state index in [9.17, 15) is 4.79 Å². The average molecular weight is 285 g/mol. The number of H-pyrrole nitrogens is 1. The monoisotopic (exact) mass is 284 g/mol. The lowest BCUT2D eigenvalue weighted by atomic mass is 10.0. The van der Waals surface area contributed by atoms with E-state index < -0.39 is 0 Å². The Labute approximate surface area is 121 Å². The highest BCUT2D eigenvalue weighted by Crippen LogP contribution is 2.28. The van der Waals surface area contributed by atoms with Crippen LogP contribution < -0.4 is 5.73 Å². The van der Waals surface area contributed by atoms with E-state index in [1.807, 2.05) is 25.1 Å². The Kier molecular flexibility index (Phi) is 2.99. The van der Waals surface area contributed by atoms with Crippen LogP contribution in [0.1, 0.15) is 21.5 Å². The smallest absolute Gasteiger partial charge is 0.196 e. The fourth-order valence-corrected chi connectivity index (χ4v) is 2.51. The number of fused-ring (bicyclic) bond motifs is 1. The van der Waals surface area contributed by atoms with E-state index in [0.717, 1.165) is 16.5 Å². The molecule has 0 atom stereocenters. The summed E-state index contributed by atoms with van der Waals surface area (Å²) in [6, 6.07) is 11.0. The first kappa shape index (κ1) is 12.8. The van der Waals surface area contributed by atoms with E-state index in [0.29, 0.717) is 21.8 Å². The normalized spacial score (nSPS) is 10.9. The van der Waals surface area contributed by atoms with Crippen LogP contribution in [0.2, 0.25) is 5.02 Å². The predicted octanol–water partition coefficient (Wildman–Crippen LogP) is 3.94. The second kappa shape index (κ2) is 4.69. The van der Waals surface area contributed by atoms with Crippen LogP contribution in [0.4, 0.5) is 5.69 Å². The van der Waals surface area contributed by atoms with E-state index in [-0.39, 0.29) is 5.78 Å². The van der Waals surface area contributed by atoms with Crippen LogP contribution in [-0.4, -0.2) is 10.8 Å². The molecule has 4 heteroatoms. The molecule has 0 fully saturated rings. The molecule has 3 rings (SSSR count). The Balaban J connectivity index is 2.16.